The largest absolute Gasteiger partial charge is 0.506 e. The monoisotopic (exact) mass is 211 g/mol. The minimum absolute atomic E-state index is 0.186. The molecule has 2 heterocycles. The number of phenolic OH excluding ortho intramolecular Hbond substituents is 1. The molecule has 0 saturated heterocycles. The smallest absolute Gasteiger partial charge is 0.155 e. The molecule has 3 rings (SSSR count). The molecule has 0 aliphatic rings. The SMILES string of the molecule is Oc1cccc2ccc(-c3ncc[nH]3)nc12. The van der Waals surface area contributed by atoms with E-state index in [9.17, 15) is 5.11 Å². The molecule has 0 aliphatic carbocycles. The summed E-state index contributed by atoms with van der Waals surface area (Å²) in [7, 11) is 0. The van der Waals surface area contributed by atoms with E-state index in [1.807, 2.05) is 18.2 Å². The van der Waals surface area contributed by atoms with E-state index in [-0.39, 0.29) is 5.75 Å². The van der Waals surface area contributed by atoms with Crippen LogP contribution in [0.4, 0.5) is 0 Å². The highest BCUT2D eigenvalue weighted by Gasteiger charge is 2.05. The summed E-state index contributed by atoms with van der Waals surface area (Å²) in [6.45, 7) is 0. The van der Waals surface area contributed by atoms with Gasteiger partial charge in [-0.05, 0) is 12.1 Å². The molecule has 0 spiro atoms. The lowest BCUT2D eigenvalue weighted by Gasteiger charge is -2.02. The Kier molecular flexibility index (Phi) is 1.86. The second kappa shape index (κ2) is 3.34. The maximum atomic E-state index is 9.70. The van der Waals surface area contributed by atoms with Crippen molar-refractivity contribution < 1.29 is 5.11 Å². The molecule has 0 amide bonds. The van der Waals surface area contributed by atoms with Crippen molar-refractivity contribution in [3.8, 4) is 17.3 Å². The highest BCUT2D eigenvalue weighted by molar-refractivity contribution is 5.85. The molecule has 0 radical (unpaired) electrons. The third-order valence-corrected chi connectivity index (χ3v) is 2.44. The van der Waals surface area contributed by atoms with Gasteiger partial charge < -0.3 is 10.1 Å². The van der Waals surface area contributed by atoms with Crippen molar-refractivity contribution in [3.05, 3.63) is 42.7 Å². The number of pyridine rings is 1. The number of imidazole rings is 1. The summed E-state index contributed by atoms with van der Waals surface area (Å²) >= 11 is 0. The van der Waals surface area contributed by atoms with E-state index in [0.29, 0.717) is 11.3 Å². The van der Waals surface area contributed by atoms with Gasteiger partial charge in [0, 0.05) is 17.8 Å². The summed E-state index contributed by atoms with van der Waals surface area (Å²) in [5.74, 6) is 0.885. The van der Waals surface area contributed by atoms with Crippen molar-refractivity contribution in [2.75, 3.05) is 0 Å². The number of fused-ring (bicyclic) bond motifs is 1. The van der Waals surface area contributed by atoms with Gasteiger partial charge in [0.1, 0.15) is 17.0 Å². The zero-order valence-electron chi connectivity index (χ0n) is 8.38. The average molecular weight is 211 g/mol. The molecule has 0 saturated carbocycles. The second-order valence-corrected chi connectivity index (χ2v) is 3.48. The van der Waals surface area contributed by atoms with E-state index in [4.69, 9.17) is 0 Å². The first-order chi connectivity index (χ1) is 7.84. The lowest BCUT2D eigenvalue weighted by molar-refractivity contribution is 0.480. The van der Waals surface area contributed by atoms with Gasteiger partial charge >= 0.3 is 0 Å². The van der Waals surface area contributed by atoms with Gasteiger partial charge in [-0.15, -0.1) is 0 Å². The first kappa shape index (κ1) is 8.91. The van der Waals surface area contributed by atoms with Crippen LogP contribution in [0.5, 0.6) is 5.75 Å². The summed E-state index contributed by atoms with van der Waals surface area (Å²) in [5, 5.41) is 10.6. The van der Waals surface area contributed by atoms with Crippen LogP contribution in [0, 0.1) is 0 Å². The van der Waals surface area contributed by atoms with Gasteiger partial charge in [0.2, 0.25) is 0 Å². The zero-order valence-corrected chi connectivity index (χ0v) is 8.38. The van der Waals surface area contributed by atoms with Crippen molar-refractivity contribution >= 4 is 10.9 Å². The van der Waals surface area contributed by atoms with Gasteiger partial charge in [0.05, 0.1) is 0 Å². The Hall–Kier alpha value is -2.36. The van der Waals surface area contributed by atoms with Crippen LogP contribution < -0.4 is 0 Å². The Labute approximate surface area is 91.6 Å². The molecule has 2 N–H and O–H groups in total. The highest BCUT2D eigenvalue weighted by atomic mass is 16.3. The molecule has 4 heteroatoms. The summed E-state index contributed by atoms with van der Waals surface area (Å²) in [6, 6.07) is 9.13. The van der Waals surface area contributed by atoms with E-state index >= 15 is 0 Å². The van der Waals surface area contributed by atoms with E-state index in [0.717, 1.165) is 11.1 Å². The van der Waals surface area contributed by atoms with Crippen LogP contribution in [0.1, 0.15) is 0 Å². The number of hydrogen-bond acceptors (Lipinski definition) is 3. The summed E-state index contributed by atoms with van der Waals surface area (Å²) < 4.78 is 0. The molecule has 0 aliphatic heterocycles. The predicted octanol–water partition coefficient (Wildman–Crippen LogP) is 2.33. The quantitative estimate of drug-likeness (QED) is 0.649. The number of nitrogens with one attached hydrogen (secondary N) is 1. The van der Waals surface area contributed by atoms with Crippen LogP contribution in [0.15, 0.2) is 42.7 Å². The number of rotatable bonds is 1. The van der Waals surface area contributed by atoms with Crippen LogP contribution in [0.2, 0.25) is 0 Å². The molecule has 0 bridgehead atoms. The van der Waals surface area contributed by atoms with Gasteiger partial charge in [-0.1, -0.05) is 18.2 Å². The first-order valence-electron chi connectivity index (χ1n) is 4.93. The fourth-order valence-corrected chi connectivity index (χ4v) is 1.67. The summed E-state index contributed by atoms with van der Waals surface area (Å²) in [4.78, 5) is 11.5. The first-order valence-corrected chi connectivity index (χ1v) is 4.93. The molecule has 0 atom stereocenters. The van der Waals surface area contributed by atoms with E-state index < -0.39 is 0 Å². The van der Waals surface area contributed by atoms with Crippen LogP contribution in [0.25, 0.3) is 22.4 Å². The molecule has 2 aromatic heterocycles. The lowest BCUT2D eigenvalue weighted by atomic mass is 10.2. The van der Waals surface area contributed by atoms with Gasteiger partial charge in [-0.3, -0.25) is 0 Å². The van der Waals surface area contributed by atoms with Crippen LogP contribution in [0.3, 0.4) is 0 Å². The Morgan fingerprint density at radius 1 is 1.12 bits per heavy atom. The van der Waals surface area contributed by atoms with Gasteiger partial charge in [0.15, 0.2) is 5.82 Å². The lowest BCUT2D eigenvalue weighted by Crippen LogP contribution is -1.87. The van der Waals surface area contributed by atoms with Crippen molar-refractivity contribution in [2.45, 2.75) is 0 Å². The third-order valence-electron chi connectivity index (χ3n) is 2.44. The minimum atomic E-state index is 0.186. The van der Waals surface area contributed by atoms with Crippen LogP contribution in [-0.2, 0) is 0 Å². The third kappa shape index (κ3) is 1.32. The maximum Gasteiger partial charge on any atom is 0.155 e. The molecular formula is C12H9N3O. The van der Waals surface area contributed by atoms with Crippen molar-refractivity contribution in [3.63, 3.8) is 0 Å². The minimum Gasteiger partial charge on any atom is -0.506 e. The summed E-state index contributed by atoms with van der Waals surface area (Å²) in [5.41, 5.74) is 1.32. The predicted molar refractivity (Wildman–Crippen MR) is 61.0 cm³/mol. The Bertz CT molecular complexity index is 632. The fourth-order valence-electron chi connectivity index (χ4n) is 1.67. The maximum absolute atomic E-state index is 9.70. The number of aromatic hydroxyl groups is 1. The molecule has 16 heavy (non-hydrogen) atoms. The molecule has 1 aromatic carbocycles. The van der Waals surface area contributed by atoms with Crippen LogP contribution >= 0.6 is 0 Å². The number of aromatic amines is 1. The molecule has 0 unspecified atom stereocenters. The highest BCUT2D eigenvalue weighted by Crippen LogP contribution is 2.24. The number of para-hydroxylation sites is 1. The van der Waals surface area contributed by atoms with E-state index in [2.05, 4.69) is 15.0 Å². The average Bonchev–Trinajstić information content (AvgIpc) is 2.83. The Morgan fingerprint density at radius 2 is 2.06 bits per heavy atom. The molecule has 0 fully saturated rings. The summed E-state index contributed by atoms with van der Waals surface area (Å²) in [6.07, 6.45) is 3.41. The number of benzene rings is 1. The Morgan fingerprint density at radius 3 is 2.88 bits per heavy atom. The fraction of sp³-hybridized carbons (Fsp3) is 0. The van der Waals surface area contributed by atoms with E-state index in [1.54, 1.807) is 24.5 Å². The standard InChI is InChI=1S/C12H9N3O/c16-10-3-1-2-8-4-5-9(15-11(8)10)12-13-6-7-14-12/h1-7,16H,(H,13,14). The molecular weight excluding hydrogens is 202 g/mol. The number of aromatic nitrogens is 3. The second-order valence-electron chi connectivity index (χ2n) is 3.48. The molecule has 4 nitrogen and oxygen atoms in total. The van der Waals surface area contributed by atoms with E-state index in [1.165, 1.54) is 0 Å². The normalized spacial score (nSPS) is 10.8. The molecule has 3 aromatic rings. The van der Waals surface area contributed by atoms with Gasteiger partial charge in [0.25, 0.3) is 0 Å². The van der Waals surface area contributed by atoms with Gasteiger partial charge in [-0.2, -0.15) is 0 Å². The number of H-pyrrole nitrogens is 1. The van der Waals surface area contributed by atoms with Crippen molar-refractivity contribution in [1.29, 1.82) is 0 Å². The number of hydrogen-bond donors (Lipinski definition) is 2. The van der Waals surface area contributed by atoms with Crippen molar-refractivity contribution in [2.24, 2.45) is 0 Å². The van der Waals surface area contributed by atoms with Crippen LogP contribution in [-0.4, -0.2) is 20.1 Å². The van der Waals surface area contributed by atoms with Crippen molar-refractivity contribution in [1.82, 2.24) is 15.0 Å². The topological polar surface area (TPSA) is 61.8 Å². The Balaban J connectivity index is 2.27. The number of nitrogens with zero attached hydrogens (tertiary/aromatic N) is 2. The molecule has 78 valence electrons. The number of phenols is 1. The van der Waals surface area contributed by atoms with Gasteiger partial charge in [-0.25, -0.2) is 9.97 Å². The zero-order chi connectivity index (χ0) is 11.0.